The number of ether oxygens (including phenoxy) is 1. The van der Waals surface area contributed by atoms with Gasteiger partial charge in [-0.25, -0.2) is 4.79 Å². The Kier molecular flexibility index (Phi) is 6.81. The molecule has 0 saturated carbocycles. The maximum atomic E-state index is 10.4. The molecule has 11 heteroatoms. The van der Waals surface area contributed by atoms with E-state index in [0.717, 1.165) is 0 Å². The quantitative estimate of drug-likeness (QED) is 0.369. The molecule has 2 aromatic carbocycles. The molecule has 0 bridgehead atoms. The van der Waals surface area contributed by atoms with E-state index >= 15 is 0 Å². The third kappa shape index (κ3) is 13.3. The Morgan fingerprint density at radius 3 is 2.00 bits per heavy atom. The Morgan fingerprint density at radius 1 is 1.00 bits per heavy atom. The number of aliphatic carboxylic acids is 1. The van der Waals surface area contributed by atoms with E-state index in [0.29, 0.717) is 5.75 Å². The van der Waals surface area contributed by atoms with Crippen LogP contribution in [0.4, 0.5) is 25.2 Å². The summed E-state index contributed by atoms with van der Waals surface area (Å²) in [5, 5.41) is 8.56. The van der Waals surface area contributed by atoms with Crippen LogP contribution in [0, 0.1) is 21.0 Å². The van der Waals surface area contributed by atoms with E-state index in [1.54, 1.807) is 0 Å². The third-order valence-electron chi connectivity index (χ3n) is 2.71. The molecular formula is C16H16F6IO3P. The van der Waals surface area contributed by atoms with E-state index in [1.807, 2.05) is 24.3 Å². The first-order valence-electron chi connectivity index (χ1n) is 7.23. The zero-order chi connectivity index (χ0) is 20.9. The second kappa shape index (κ2) is 7.83. The van der Waals surface area contributed by atoms with Gasteiger partial charge >= 0.3 is 60.2 Å². The van der Waals surface area contributed by atoms with E-state index in [-0.39, 0.29) is 27.8 Å². The topological polar surface area (TPSA) is 46.5 Å². The number of aryl methyl sites for hydroxylation is 2. The van der Waals surface area contributed by atoms with Gasteiger partial charge in [0.1, 0.15) is 5.75 Å². The second-order valence-electron chi connectivity index (χ2n) is 5.44. The zero-order valence-electron chi connectivity index (χ0n) is 14.1. The molecule has 0 aliphatic heterocycles. The van der Waals surface area contributed by atoms with Crippen molar-refractivity contribution < 1.29 is 61.0 Å². The van der Waals surface area contributed by atoms with E-state index in [4.69, 9.17) is 9.84 Å². The minimum atomic E-state index is -10.7. The van der Waals surface area contributed by atoms with Gasteiger partial charge in [0.25, 0.3) is 0 Å². The van der Waals surface area contributed by atoms with Crippen molar-refractivity contribution in [2.45, 2.75) is 13.8 Å². The molecular weight excluding hydrogens is 512 g/mol. The fraction of sp³-hybridized carbons (Fsp3) is 0.188. The fourth-order valence-corrected chi connectivity index (χ4v) is 4.30. The summed E-state index contributed by atoms with van der Waals surface area (Å²) in [7, 11) is -10.7. The molecule has 0 radical (unpaired) electrons. The van der Waals surface area contributed by atoms with Gasteiger partial charge in [0.15, 0.2) is 13.7 Å². The summed E-state index contributed by atoms with van der Waals surface area (Å²) in [4.78, 5) is 10.4. The van der Waals surface area contributed by atoms with Crippen LogP contribution in [-0.4, -0.2) is 17.7 Å². The number of carboxylic acids is 1. The van der Waals surface area contributed by atoms with Crippen LogP contribution in [-0.2, 0) is 4.79 Å². The summed E-state index contributed by atoms with van der Waals surface area (Å²) in [6, 6.07) is 14.3. The van der Waals surface area contributed by atoms with Gasteiger partial charge in [0.05, 0.1) is 0 Å². The van der Waals surface area contributed by atoms with Crippen LogP contribution in [0.5, 0.6) is 5.75 Å². The normalized spacial score (nSPS) is 13.6. The molecule has 0 unspecified atom stereocenters. The van der Waals surface area contributed by atoms with Gasteiger partial charge in [0.2, 0.25) is 0 Å². The molecule has 0 fully saturated rings. The van der Waals surface area contributed by atoms with Crippen LogP contribution in [0.1, 0.15) is 11.1 Å². The molecule has 2 aromatic rings. The molecule has 1 N–H and O–H groups in total. The first-order chi connectivity index (χ1) is 12.0. The molecule has 0 amide bonds. The Labute approximate surface area is 161 Å². The molecule has 0 spiro atoms. The van der Waals surface area contributed by atoms with Gasteiger partial charge in [-0.2, -0.15) is 0 Å². The van der Waals surface area contributed by atoms with Crippen LogP contribution in [0.3, 0.4) is 0 Å². The third-order valence-corrected chi connectivity index (χ3v) is 5.80. The van der Waals surface area contributed by atoms with Gasteiger partial charge in [0, 0.05) is 5.56 Å². The van der Waals surface area contributed by atoms with Crippen molar-refractivity contribution in [1.82, 2.24) is 0 Å². The molecule has 0 aliphatic carbocycles. The Hall–Kier alpha value is -1.55. The van der Waals surface area contributed by atoms with Crippen molar-refractivity contribution in [1.29, 1.82) is 0 Å². The van der Waals surface area contributed by atoms with Gasteiger partial charge in [-0.1, -0.05) is 12.1 Å². The first kappa shape index (κ1) is 23.5. The number of hydrogen-bond donors (Lipinski definition) is 1. The van der Waals surface area contributed by atoms with Crippen LogP contribution >= 0.6 is 7.81 Å². The number of hydrogen-bond acceptors (Lipinski definition) is 2. The molecule has 0 heterocycles. The second-order valence-corrected chi connectivity index (χ2v) is 10.3. The number of rotatable bonds is 5. The van der Waals surface area contributed by atoms with E-state index in [9.17, 15) is 30.0 Å². The van der Waals surface area contributed by atoms with Crippen LogP contribution in [0.15, 0.2) is 42.5 Å². The molecule has 0 aromatic heterocycles. The molecule has 0 atom stereocenters. The molecule has 3 nitrogen and oxygen atoms in total. The van der Waals surface area contributed by atoms with Crippen molar-refractivity contribution in [2.75, 3.05) is 6.61 Å². The average Bonchev–Trinajstić information content (AvgIpc) is 2.47. The predicted octanol–water partition coefficient (Wildman–Crippen LogP) is 3.28. The van der Waals surface area contributed by atoms with Crippen LogP contribution < -0.4 is 25.9 Å². The van der Waals surface area contributed by atoms with Crippen LogP contribution in [0.2, 0.25) is 0 Å². The summed E-state index contributed by atoms with van der Waals surface area (Å²) in [5.74, 6) is -0.363. The number of carbonyl (C=O) groups is 1. The number of carboxylic acid groups (broad SMARTS) is 1. The zero-order valence-corrected chi connectivity index (χ0v) is 17.2. The monoisotopic (exact) mass is 528 g/mol. The Balaban J connectivity index is 0.000000445. The minimum absolute atomic E-state index is 0.217. The van der Waals surface area contributed by atoms with Gasteiger partial charge < -0.3 is 9.84 Å². The van der Waals surface area contributed by atoms with Crippen molar-refractivity contribution in [3.05, 3.63) is 60.7 Å². The Morgan fingerprint density at radius 2 is 1.52 bits per heavy atom. The summed E-state index contributed by atoms with van der Waals surface area (Å²) in [5.41, 5.74) is 2.61. The molecule has 152 valence electrons. The van der Waals surface area contributed by atoms with Crippen molar-refractivity contribution in [3.8, 4) is 5.75 Å². The van der Waals surface area contributed by atoms with E-state index in [2.05, 4.69) is 32.0 Å². The van der Waals surface area contributed by atoms with E-state index < -0.39 is 13.8 Å². The first-order valence-corrected chi connectivity index (χ1v) is 11.4. The summed E-state index contributed by atoms with van der Waals surface area (Å²) < 4.78 is 67.0. The average molecular weight is 528 g/mol. The Bertz CT molecular complexity index is 796. The van der Waals surface area contributed by atoms with Gasteiger partial charge in [-0.15, -0.1) is 0 Å². The standard InChI is InChI=1S/C16H15IO3.F6P/c1-11-3-4-12(2)15(9-11)17-13-5-7-14(8-6-13)20-10-16(18)19;1-7(2,3,4,5)6/h3-9H,10H2,1-2H3;/q;-1/p+1. The molecule has 27 heavy (non-hydrogen) atoms. The fourth-order valence-electron chi connectivity index (χ4n) is 1.66. The van der Waals surface area contributed by atoms with Gasteiger partial charge in [-0.3, -0.25) is 0 Å². The molecule has 0 saturated heterocycles. The number of halogens is 7. The predicted molar refractivity (Wildman–Crippen MR) is 86.5 cm³/mol. The van der Waals surface area contributed by atoms with Gasteiger partial charge in [-0.05, 0) is 49.7 Å². The van der Waals surface area contributed by atoms with Crippen molar-refractivity contribution in [2.24, 2.45) is 0 Å². The maximum absolute atomic E-state index is 10.7. The molecule has 2 rings (SSSR count). The summed E-state index contributed by atoms with van der Waals surface area (Å²) in [6.07, 6.45) is 0. The number of benzene rings is 2. The van der Waals surface area contributed by atoms with Crippen molar-refractivity contribution in [3.63, 3.8) is 0 Å². The van der Waals surface area contributed by atoms with Crippen LogP contribution in [0.25, 0.3) is 0 Å². The van der Waals surface area contributed by atoms with Crippen molar-refractivity contribution >= 4 is 13.8 Å². The molecule has 0 aliphatic rings. The summed E-state index contributed by atoms with van der Waals surface area (Å²) >= 11 is -0.217. The van der Waals surface area contributed by atoms with E-state index in [1.165, 1.54) is 18.3 Å². The SMILES string of the molecule is Cc1ccc(C)c([I+]c2ccc(OCC(=O)O)cc2)c1.F[P-](F)(F)(F)(F)F. The summed E-state index contributed by atoms with van der Waals surface area (Å²) in [6.45, 7) is 3.94.